The molecule has 0 fully saturated rings. The minimum absolute atomic E-state index is 0.103. The number of benzene rings is 2. The smallest absolute Gasteiger partial charge is 0.234 e. The first-order valence-electron chi connectivity index (χ1n) is 6.13. The Morgan fingerprint density at radius 2 is 1.90 bits per heavy atom. The molecule has 0 saturated heterocycles. The Morgan fingerprint density at radius 1 is 1.24 bits per heavy atom. The molecule has 0 atom stereocenters. The number of carbonyl (C=O) groups is 1. The van der Waals surface area contributed by atoms with Crippen LogP contribution in [0.15, 0.2) is 50.2 Å². The van der Waals surface area contributed by atoms with Crippen molar-refractivity contribution >= 4 is 55.2 Å². The van der Waals surface area contributed by atoms with Crippen LogP contribution in [0.4, 0.5) is 5.69 Å². The summed E-state index contributed by atoms with van der Waals surface area (Å²) >= 11 is 8.27. The largest absolute Gasteiger partial charge is 0.508 e. The van der Waals surface area contributed by atoms with Crippen LogP contribution in [0.5, 0.6) is 5.75 Å². The Kier molecular flexibility index (Phi) is 5.72. The van der Waals surface area contributed by atoms with E-state index in [1.54, 1.807) is 18.2 Å². The summed E-state index contributed by atoms with van der Waals surface area (Å²) in [7, 11) is 0. The second kappa shape index (κ2) is 7.33. The van der Waals surface area contributed by atoms with Crippen LogP contribution < -0.4 is 5.32 Å². The first-order chi connectivity index (χ1) is 9.95. The third-order valence-corrected chi connectivity index (χ3v) is 4.88. The maximum Gasteiger partial charge on any atom is 0.234 e. The van der Waals surface area contributed by atoms with Crippen LogP contribution in [0.3, 0.4) is 0 Å². The molecule has 0 aromatic heterocycles. The Balaban J connectivity index is 1.99. The highest BCUT2D eigenvalue weighted by atomic mass is 79.9. The van der Waals surface area contributed by atoms with Crippen LogP contribution in [0, 0.1) is 6.92 Å². The van der Waals surface area contributed by atoms with Crippen molar-refractivity contribution in [1.82, 2.24) is 0 Å². The van der Waals surface area contributed by atoms with Gasteiger partial charge in [-0.2, -0.15) is 0 Å². The number of anilines is 1. The van der Waals surface area contributed by atoms with Gasteiger partial charge in [-0.05, 0) is 74.7 Å². The molecule has 0 bridgehead atoms. The van der Waals surface area contributed by atoms with Crippen molar-refractivity contribution in [3.05, 3.63) is 50.9 Å². The first-order valence-corrected chi connectivity index (χ1v) is 8.70. The number of aromatic hydroxyl groups is 1. The van der Waals surface area contributed by atoms with Gasteiger partial charge in [-0.25, -0.2) is 0 Å². The molecule has 0 aliphatic rings. The fourth-order valence-corrected chi connectivity index (χ4v) is 4.08. The van der Waals surface area contributed by atoms with E-state index in [9.17, 15) is 9.90 Å². The molecule has 0 aliphatic carbocycles. The highest BCUT2D eigenvalue weighted by Crippen LogP contribution is 2.32. The summed E-state index contributed by atoms with van der Waals surface area (Å²) in [4.78, 5) is 12.9. The minimum atomic E-state index is -0.103. The fraction of sp³-hybridized carbons (Fsp3) is 0.133. The van der Waals surface area contributed by atoms with Crippen LogP contribution in [0.25, 0.3) is 0 Å². The fourth-order valence-electron chi connectivity index (χ4n) is 1.72. The number of carbonyl (C=O) groups excluding carboxylic acids is 1. The van der Waals surface area contributed by atoms with E-state index in [1.165, 1.54) is 11.8 Å². The van der Waals surface area contributed by atoms with E-state index < -0.39 is 0 Å². The summed E-state index contributed by atoms with van der Waals surface area (Å²) < 4.78 is 1.68. The summed E-state index contributed by atoms with van der Waals surface area (Å²) in [5, 5.41) is 12.3. The molecule has 0 radical (unpaired) electrons. The monoisotopic (exact) mass is 429 g/mol. The lowest BCUT2D eigenvalue weighted by molar-refractivity contribution is -0.113. The number of aryl methyl sites for hydroxylation is 1. The van der Waals surface area contributed by atoms with Crippen molar-refractivity contribution in [2.75, 3.05) is 11.1 Å². The number of nitrogens with one attached hydrogen (secondary N) is 1. The molecule has 1 amide bonds. The van der Waals surface area contributed by atoms with E-state index in [0.717, 1.165) is 25.1 Å². The molecule has 21 heavy (non-hydrogen) atoms. The normalized spacial score (nSPS) is 10.4. The summed E-state index contributed by atoms with van der Waals surface area (Å²) in [5.74, 6) is 0.369. The Labute approximate surface area is 144 Å². The van der Waals surface area contributed by atoms with E-state index in [2.05, 4.69) is 37.2 Å². The molecule has 2 N–H and O–H groups in total. The number of hydrogen-bond acceptors (Lipinski definition) is 3. The number of rotatable bonds is 4. The molecule has 2 aromatic carbocycles. The lowest BCUT2D eigenvalue weighted by atomic mass is 10.2. The van der Waals surface area contributed by atoms with E-state index in [-0.39, 0.29) is 17.4 Å². The van der Waals surface area contributed by atoms with Gasteiger partial charge in [-0.15, -0.1) is 11.8 Å². The van der Waals surface area contributed by atoms with E-state index >= 15 is 0 Å². The van der Waals surface area contributed by atoms with Gasteiger partial charge >= 0.3 is 0 Å². The SMILES string of the molecule is Cc1cc(Br)c(NC(=O)CSc2cccc(O)c2)c(Br)c1. The Bertz CT molecular complexity index is 653. The third-order valence-electron chi connectivity index (χ3n) is 2.64. The number of phenolic OH excluding ortho intramolecular Hbond substituents is 1. The summed E-state index contributed by atoms with van der Waals surface area (Å²) in [6.45, 7) is 1.98. The Hall–Kier alpha value is -0.980. The standard InChI is InChI=1S/C15H13Br2NO2S/c1-9-5-12(16)15(13(17)6-9)18-14(20)8-21-11-4-2-3-10(19)7-11/h2-7,19H,8H2,1H3,(H,18,20). The van der Waals surface area contributed by atoms with E-state index in [1.807, 2.05) is 25.1 Å². The van der Waals surface area contributed by atoms with Gasteiger partial charge in [0.25, 0.3) is 0 Å². The molecule has 2 rings (SSSR count). The first kappa shape index (κ1) is 16.4. The topological polar surface area (TPSA) is 49.3 Å². The van der Waals surface area contributed by atoms with Crippen LogP contribution in [0.1, 0.15) is 5.56 Å². The van der Waals surface area contributed by atoms with Crippen molar-refractivity contribution in [2.45, 2.75) is 11.8 Å². The van der Waals surface area contributed by atoms with Gasteiger partial charge in [0.05, 0.1) is 11.4 Å². The number of halogens is 2. The molecule has 3 nitrogen and oxygen atoms in total. The van der Waals surface area contributed by atoms with Gasteiger partial charge in [0.1, 0.15) is 5.75 Å². The number of thioether (sulfide) groups is 1. The second-order valence-corrected chi connectivity index (χ2v) is 7.20. The summed E-state index contributed by atoms with van der Waals surface area (Å²) in [6.07, 6.45) is 0. The number of amides is 1. The van der Waals surface area contributed by atoms with Gasteiger partial charge in [-0.1, -0.05) is 6.07 Å². The molecule has 0 spiro atoms. The number of hydrogen-bond donors (Lipinski definition) is 2. The van der Waals surface area contributed by atoms with Crippen LogP contribution >= 0.6 is 43.6 Å². The zero-order chi connectivity index (χ0) is 15.4. The second-order valence-electron chi connectivity index (χ2n) is 4.44. The van der Waals surface area contributed by atoms with E-state index in [0.29, 0.717) is 0 Å². The maximum atomic E-state index is 12.0. The molecule has 0 unspecified atom stereocenters. The zero-order valence-corrected chi connectivity index (χ0v) is 15.2. The van der Waals surface area contributed by atoms with Gasteiger partial charge in [0, 0.05) is 13.8 Å². The van der Waals surface area contributed by atoms with Crippen molar-refractivity contribution in [3.8, 4) is 5.75 Å². The van der Waals surface area contributed by atoms with Crippen molar-refractivity contribution < 1.29 is 9.90 Å². The molecular weight excluding hydrogens is 418 g/mol. The molecular formula is C15H13Br2NO2S. The van der Waals surface area contributed by atoms with Gasteiger partial charge in [-0.3, -0.25) is 4.79 Å². The lowest BCUT2D eigenvalue weighted by Crippen LogP contribution is -2.14. The molecule has 2 aromatic rings. The quantitative estimate of drug-likeness (QED) is 0.674. The summed E-state index contributed by atoms with van der Waals surface area (Å²) in [6, 6.07) is 10.7. The van der Waals surface area contributed by atoms with Crippen LogP contribution in [0.2, 0.25) is 0 Å². The maximum absolute atomic E-state index is 12.0. The predicted octanol–water partition coefficient (Wildman–Crippen LogP) is 4.96. The lowest BCUT2D eigenvalue weighted by Gasteiger charge is -2.10. The number of phenols is 1. The average Bonchev–Trinajstić information content (AvgIpc) is 2.40. The van der Waals surface area contributed by atoms with Crippen LogP contribution in [-0.4, -0.2) is 16.8 Å². The molecule has 0 aliphatic heterocycles. The Morgan fingerprint density at radius 3 is 2.52 bits per heavy atom. The van der Waals surface area contributed by atoms with E-state index in [4.69, 9.17) is 0 Å². The average molecular weight is 431 g/mol. The van der Waals surface area contributed by atoms with Crippen molar-refractivity contribution in [1.29, 1.82) is 0 Å². The summed E-state index contributed by atoms with van der Waals surface area (Å²) in [5.41, 5.74) is 1.82. The van der Waals surface area contributed by atoms with Crippen LogP contribution in [-0.2, 0) is 4.79 Å². The minimum Gasteiger partial charge on any atom is -0.508 e. The van der Waals surface area contributed by atoms with Crippen molar-refractivity contribution in [2.24, 2.45) is 0 Å². The highest BCUT2D eigenvalue weighted by Gasteiger charge is 2.10. The van der Waals surface area contributed by atoms with Gasteiger partial charge in [0.15, 0.2) is 0 Å². The van der Waals surface area contributed by atoms with Gasteiger partial charge in [0.2, 0.25) is 5.91 Å². The molecule has 0 saturated carbocycles. The molecule has 110 valence electrons. The third kappa shape index (κ3) is 4.76. The highest BCUT2D eigenvalue weighted by molar-refractivity contribution is 9.11. The van der Waals surface area contributed by atoms with Crippen molar-refractivity contribution in [3.63, 3.8) is 0 Å². The zero-order valence-electron chi connectivity index (χ0n) is 11.2. The molecule has 6 heteroatoms. The molecule has 0 heterocycles. The van der Waals surface area contributed by atoms with Gasteiger partial charge < -0.3 is 10.4 Å². The predicted molar refractivity (Wildman–Crippen MR) is 94.0 cm³/mol.